The monoisotopic (exact) mass is 471 g/mol. The molecule has 2 aromatic rings. The molecule has 0 saturated carbocycles. The number of thiophene rings is 1. The number of nitrogens with one attached hydrogen (secondary N) is 1. The first-order chi connectivity index (χ1) is 14.4. The number of nitrogens with zero attached hydrogens (tertiary/aromatic N) is 2. The van der Waals surface area contributed by atoms with Gasteiger partial charge in [0.1, 0.15) is 16.1 Å². The average molecular weight is 472 g/mol. The molecule has 12 heteroatoms. The largest absolute Gasteiger partial charge is 0.494 e. The van der Waals surface area contributed by atoms with Gasteiger partial charge in [0, 0.05) is 19.1 Å². The summed E-state index contributed by atoms with van der Waals surface area (Å²) in [5.41, 5.74) is 0.230. The molecule has 0 fully saturated rings. The summed E-state index contributed by atoms with van der Waals surface area (Å²) in [6.07, 6.45) is 2.48. The van der Waals surface area contributed by atoms with E-state index >= 15 is 0 Å². The van der Waals surface area contributed by atoms with E-state index in [0.717, 1.165) is 11.3 Å². The fourth-order valence-electron chi connectivity index (χ4n) is 3.02. The number of carbonyl (C=O) groups is 1. The third-order valence-corrected chi connectivity index (χ3v) is 7.82. The Kier molecular flexibility index (Phi) is 7.34. The molecule has 1 unspecified atom stereocenters. The molecule has 2 N–H and O–H groups in total. The van der Waals surface area contributed by atoms with Gasteiger partial charge in [-0.05, 0) is 37.5 Å². The lowest BCUT2D eigenvalue weighted by Gasteiger charge is -2.11. The standard InChI is InChI=1S/C18H21N3O6S3/c1-3-27-16(24)12-10-5-4-8-30(25)17(10)29-14(12)19-9-11-13(22)20-18(28)21(15(11)23)6-7-26-2/h9,23H,3-8H2,1-2H3,(H,20,22,28). The summed E-state index contributed by atoms with van der Waals surface area (Å²) < 4.78 is 24.5. The van der Waals surface area contributed by atoms with Crippen LogP contribution in [0, 0.1) is 4.77 Å². The van der Waals surface area contributed by atoms with Crippen molar-refractivity contribution in [1.82, 2.24) is 9.55 Å². The predicted molar refractivity (Wildman–Crippen MR) is 117 cm³/mol. The lowest BCUT2D eigenvalue weighted by atomic mass is 10.1. The number of fused-ring (bicyclic) bond motifs is 1. The quantitative estimate of drug-likeness (QED) is 0.361. The van der Waals surface area contributed by atoms with Gasteiger partial charge in [0.2, 0.25) is 5.88 Å². The fraction of sp³-hybridized carbons (Fsp3) is 0.444. The van der Waals surface area contributed by atoms with E-state index in [0.29, 0.717) is 33.4 Å². The predicted octanol–water partition coefficient (Wildman–Crippen LogP) is 2.30. The molecule has 1 aliphatic rings. The second-order valence-electron chi connectivity index (χ2n) is 6.32. The first-order valence-corrected chi connectivity index (χ1v) is 11.7. The minimum atomic E-state index is -1.20. The molecule has 9 nitrogen and oxygen atoms in total. The number of hydrogen-bond acceptors (Lipinski definition) is 9. The summed E-state index contributed by atoms with van der Waals surface area (Å²) in [5, 5.41) is 10.8. The number of hydrogen-bond donors (Lipinski definition) is 2. The first kappa shape index (κ1) is 22.5. The number of ether oxygens (including phenoxy) is 2. The zero-order valence-electron chi connectivity index (χ0n) is 16.4. The lowest BCUT2D eigenvalue weighted by Crippen LogP contribution is -2.20. The molecule has 3 rings (SSSR count). The zero-order chi connectivity index (χ0) is 21.8. The van der Waals surface area contributed by atoms with Crippen molar-refractivity contribution in [2.45, 2.75) is 30.5 Å². The number of aromatic amines is 1. The minimum Gasteiger partial charge on any atom is -0.494 e. The Hall–Kier alpha value is -2.15. The molecule has 0 bridgehead atoms. The number of methoxy groups -OCH3 is 1. The van der Waals surface area contributed by atoms with Crippen LogP contribution in [0.2, 0.25) is 0 Å². The van der Waals surface area contributed by atoms with E-state index in [4.69, 9.17) is 21.7 Å². The van der Waals surface area contributed by atoms with Crippen LogP contribution < -0.4 is 5.56 Å². The van der Waals surface area contributed by atoms with Crippen LogP contribution in [0.3, 0.4) is 0 Å². The van der Waals surface area contributed by atoms with Gasteiger partial charge in [-0.2, -0.15) is 0 Å². The fourth-order valence-corrected chi connectivity index (χ4v) is 6.14. The van der Waals surface area contributed by atoms with Crippen molar-refractivity contribution in [2.24, 2.45) is 4.99 Å². The van der Waals surface area contributed by atoms with Crippen LogP contribution in [-0.4, -0.2) is 57.1 Å². The van der Waals surface area contributed by atoms with Gasteiger partial charge in [-0.3, -0.25) is 18.6 Å². The van der Waals surface area contributed by atoms with Crippen molar-refractivity contribution in [3.8, 4) is 5.88 Å². The minimum absolute atomic E-state index is 0.0564. The van der Waals surface area contributed by atoms with Gasteiger partial charge in [0.25, 0.3) is 5.56 Å². The maximum atomic E-state index is 12.5. The second-order valence-corrected chi connectivity index (χ2v) is 9.47. The molecule has 30 heavy (non-hydrogen) atoms. The summed E-state index contributed by atoms with van der Waals surface area (Å²) in [5.74, 6) is -0.374. The Bertz CT molecular complexity index is 1130. The van der Waals surface area contributed by atoms with Gasteiger partial charge in [0.05, 0.1) is 34.8 Å². The summed E-state index contributed by atoms with van der Waals surface area (Å²) >= 11 is 6.22. The molecule has 0 amide bonds. The van der Waals surface area contributed by atoms with Crippen LogP contribution in [0.4, 0.5) is 5.00 Å². The summed E-state index contributed by atoms with van der Waals surface area (Å²) in [7, 11) is 0.303. The van der Waals surface area contributed by atoms with E-state index in [1.54, 1.807) is 6.92 Å². The Morgan fingerprint density at radius 2 is 2.27 bits per heavy atom. The third kappa shape index (κ3) is 4.46. The van der Waals surface area contributed by atoms with Gasteiger partial charge in [-0.1, -0.05) is 0 Å². The molecule has 0 spiro atoms. The Labute approximate surface area is 183 Å². The number of aromatic nitrogens is 2. The van der Waals surface area contributed by atoms with Crippen LogP contribution in [0.1, 0.15) is 34.8 Å². The number of aliphatic imine (C=N–C) groups is 1. The van der Waals surface area contributed by atoms with Gasteiger partial charge in [-0.25, -0.2) is 9.79 Å². The average Bonchev–Trinajstić information content (AvgIpc) is 3.07. The molecule has 0 saturated heterocycles. The highest BCUT2D eigenvalue weighted by Crippen LogP contribution is 2.41. The third-order valence-electron chi connectivity index (χ3n) is 4.43. The summed E-state index contributed by atoms with van der Waals surface area (Å²) in [6.45, 7) is 2.40. The zero-order valence-corrected chi connectivity index (χ0v) is 18.9. The molecule has 0 radical (unpaired) electrons. The van der Waals surface area contributed by atoms with Gasteiger partial charge in [0.15, 0.2) is 4.77 Å². The number of rotatable bonds is 7. The van der Waals surface area contributed by atoms with Crippen molar-refractivity contribution in [2.75, 3.05) is 26.1 Å². The molecule has 162 valence electrons. The number of aromatic hydroxyl groups is 1. The van der Waals surface area contributed by atoms with E-state index in [1.807, 2.05) is 0 Å². The number of esters is 1. The van der Waals surface area contributed by atoms with Crippen molar-refractivity contribution in [3.05, 3.63) is 31.8 Å². The Morgan fingerprint density at radius 1 is 1.50 bits per heavy atom. The molecule has 2 aromatic heterocycles. The normalized spacial score (nSPS) is 16.0. The summed E-state index contributed by atoms with van der Waals surface area (Å²) in [4.78, 5) is 31.6. The number of H-pyrrole nitrogens is 1. The molecule has 1 atom stereocenters. The first-order valence-electron chi connectivity index (χ1n) is 9.19. The van der Waals surface area contributed by atoms with E-state index in [9.17, 15) is 18.9 Å². The van der Waals surface area contributed by atoms with Crippen LogP contribution >= 0.6 is 23.6 Å². The van der Waals surface area contributed by atoms with E-state index in [-0.39, 0.29) is 41.5 Å². The summed E-state index contributed by atoms with van der Waals surface area (Å²) in [6, 6.07) is 0. The van der Waals surface area contributed by atoms with Crippen LogP contribution in [0.25, 0.3) is 0 Å². The van der Waals surface area contributed by atoms with Crippen LogP contribution in [0.5, 0.6) is 5.88 Å². The highest BCUT2D eigenvalue weighted by Gasteiger charge is 2.29. The molecule has 0 aromatic carbocycles. The molecular weight excluding hydrogens is 450 g/mol. The van der Waals surface area contributed by atoms with Crippen LogP contribution in [-0.2, 0) is 33.2 Å². The Balaban J connectivity index is 2.09. The molecular formula is C18H21N3O6S3. The highest BCUT2D eigenvalue weighted by atomic mass is 32.2. The van der Waals surface area contributed by atoms with Gasteiger partial charge in [-0.15, -0.1) is 11.3 Å². The van der Waals surface area contributed by atoms with E-state index < -0.39 is 22.3 Å². The van der Waals surface area contributed by atoms with Crippen LogP contribution in [0.15, 0.2) is 14.0 Å². The lowest BCUT2D eigenvalue weighted by molar-refractivity contribution is 0.0526. The molecule has 1 aliphatic heterocycles. The SMILES string of the molecule is CCOC(=O)c1c(N=Cc2c(O)n(CCOC)c(=S)[nH]c2=O)sc2c1CCCS2=O. The Morgan fingerprint density at radius 3 is 2.97 bits per heavy atom. The second kappa shape index (κ2) is 9.77. The van der Waals surface area contributed by atoms with Crippen molar-refractivity contribution >= 4 is 51.5 Å². The molecule has 0 aliphatic carbocycles. The van der Waals surface area contributed by atoms with E-state index in [1.165, 1.54) is 17.9 Å². The highest BCUT2D eigenvalue weighted by molar-refractivity contribution is 7.87. The topological polar surface area (TPSA) is 123 Å². The van der Waals surface area contributed by atoms with Crippen molar-refractivity contribution < 1.29 is 23.6 Å². The van der Waals surface area contributed by atoms with Gasteiger partial charge >= 0.3 is 5.97 Å². The molecule has 3 heterocycles. The van der Waals surface area contributed by atoms with Crippen molar-refractivity contribution in [3.63, 3.8) is 0 Å². The van der Waals surface area contributed by atoms with Crippen molar-refractivity contribution in [1.29, 1.82) is 0 Å². The van der Waals surface area contributed by atoms with E-state index in [2.05, 4.69) is 9.98 Å². The van der Waals surface area contributed by atoms with Gasteiger partial charge < -0.3 is 14.6 Å². The maximum absolute atomic E-state index is 12.5. The smallest absolute Gasteiger partial charge is 0.341 e. The number of carbonyl (C=O) groups excluding carboxylic acids is 1. The maximum Gasteiger partial charge on any atom is 0.341 e.